The van der Waals surface area contributed by atoms with E-state index in [2.05, 4.69) is 39.0 Å². The molecule has 1 aromatic rings. The molecule has 1 aromatic carbocycles. The third kappa shape index (κ3) is 2.00. The standard InChI is InChI=1S/C14H19BrN2/c1-9(16)11-3-5-14(13(15)7-11)17-8-10-2-4-12(17)6-10/h3,5,7,9-10,12H,2,4,6,8,16H2,1H3/t9-,10?,12?/m1/s1. The van der Waals surface area contributed by atoms with E-state index in [0.717, 1.165) is 12.0 Å². The lowest BCUT2D eigenvalue weighted by atomic mass is 10.1. The molecule has 2 aliphatic rings. The first-order chi connectivity index (χ1) is 8.15. The lowest BCUT2D eigenvalue weighted by Gasteiger charge is -2.30. The number of anilines is 1. The van der Waals surface area contributed by atoms with Gasteiger partial charge in [-0.25, -0.2) is 0 Å². The van der Waals surface area contributed by atoms with E-state index in [-0.39, 0.29) is 6.04 Å². The van der Waals surface area contributed by atoms with Crippen LogP contribution in [0.15, 0.2) is 22.7 Å². The van der Waals surface area contributed by atoms with Crippen molar-refractivity contribution in [2.24, 2.45) is 11.7 Å². The van der Waals surface area contributed by atoms with Crippen LogP contribution in [0.2, 0.25) is 0 Å². The zero-order valence-electron chi connectivity index (χ0n) is 10.2. The van der Waals surface area contributed by atoms with Crippen molar-refractivity contribution in [3.63, 3.8) is 0 Å². The van der Waals surface area contributed by atoms with Gasteiger partial charge in [0.2, 0.25) is 0 Å². The number of nitrogens with two attached hydrogens (primary N) is 1. The molecule has 2 unspecified atom stereocenters. The van der Waals surface area contributed by atoms with E-state index in [9.17, 15) is 0 Å². The predicted molar refractivity (Wildman–Crippen MR) is 75.2 cm³/mol. The van der Waals surface area contributed by atoms with Crippen molar-refractivity contribution in [1.82, 2.24) is 0 Å². The molecule has 1 aliphatic heterocycles. The Morgan fingerprint density at radius 1 is 1.41 bits per heavy atom. The highest BCUT2D eigenvalue weighted by molar-refractivity contribution is 9.10. The second kappa shape index (κ2) is 4.29. The normalized spacial score (nSPS) is 28.8. The molecule has 1 aliphatic carbocycles. The molecule has 3 atom stereocenters. The second-order valence-electron chi connectivity index (χ2n) is 5.48. The summed E-state index contributed by atoms with van der Waals surface area (Å²) in [7, 11) is 0. The van der Waals surface area contributed by atoms with E-state index in [1.54, 1.807) is 0 Å². The number of rotatable bonds is 2. The Morgan fingerprint density at radius 2 is 2.24 bits per heavy atom. The molecule has 0 radical (unpaired) electrons. The van der Waals surface area contributed by atoms with Crippen LogP contribution in [0, 0.1) is 5.92 Å². The first kappa shape index (κ1) is 11.5. The Balaban J connectivity index is 1.89. The van der Waals surface area contributed by atoms with Gasteiger partial charge in [0.25, 0.3) is 0 Å². The molecule has 3 rings (SSSR count). The second-order valence-corrected chi connectivity index (χ2v) is 6.34. The molecule has 2 nitrogen and oxygen atoms in total. The summed E-state index contributed by atoms with van der Waals surface area (Å²) < 4.78 is 1.19. The van der Waals surface area contributed by atoms with Crippen LogP contribution in [-0.2, 0) is 0 Å². The van der Waals surface area contributed by atoms with Crippen LogP contribution >= 0.6 is 15.9 Å². The summed E-state index contributed by atoms with van der Waals surface area (Å²) in [5, 5.41) is 0. The highest BCUT2D eigenvalue weighted by atomic mass is 79.9. The lowest BCUT2D eigenvalue weighted by molar-refractivity contribution is 0.553. The molecule has 1 saturated heterocycles. The van der Waals surface area contributed by atoms with Crippen molar-refractivity contribution >= 4 is 21.6 Å². The van der Waals surface area contributed by atoms with E-state index in [4.69, 9.17) is 5.73 Å². The maximum absolute atomic E-state index is 5.91. The first-order valence-corrected chi connectivity index (χ1v) is 7.26. The van der Waals surface area contributed by atoms with E-state index in [1.807, 2.05) is 6.92 Å². The quantitative estimate of drug-likeness (QED) is 0.905. The number of hydrogen-bond acceptors (Lipinski definition) is 2. The molecular formula is C14H19BrN2. The number of hydrogen-bond donors (Lipinski definition) is 1. The van der Waals surface area contributed by atoms with Crippen molar-refractivity contribution in [3.8, 4) is 0 Å². The number of nitrogens with zero attached hydrogens (tertiary/aromatic N) is 1. The predicted octanol–water partition coefficient (Wildman–Crippen LogP) is 3.46. The van der Waals surface area contributed by atoms with Crippen LogP contribution in [0.5, 0.6) is 0 Å². The van der Waals surface area contributed by atoms with Crippen LogP contribution in [-0.4, -0.2) is 12.6 Å². The minimum Gasteiger partial charge on any atom is -0.367 e. The molecular weight excluding hydrogens is 276 g/mol. The largest absolute Gasteiger partial charge is 0.367 e. The highest BCUT2D eigenvalue weighted by Gasteiger charge is 2.38. The zero-order chi connectivity index (χ0) is 12.0. The first-order valence-electron chi connectivity index (χ1n) is 6.47. The molecule has 0 amide bonds. The highest BCUT2D eigenvalue weighted by Crippen LogP contribution is 2.42. The van der Waals surface area contributed by atoms with Crippen LogP contribution in [0.1, 0.15) is 37.8 Å². The zero-order valence-corrected chi connectivity index (χ0v) is 11.8. The number of piperidine rings is 1. The van der Waals surface area contributed by atoms with Crippen molar-refractivity contribution in [3.05, 3.63) is 28.2 Å². The van der Waals surface area contributed by atoms with Gasteiger partial charge in [0, 0.05) is 23.1 Å². The minimum absolute atomic E-state index is 0.107. The summed E-state index contributed by atoms with van der Waals surface area (Å²) in [6, 6.07) is 7.44. The fraction of sp³-hybridized carbons (Fsp3) is 0.571. The average molecular weight is 295 g/mol. The van der Waals surface area contributed by atoms with Crippen LogP contribution in [0.4, 0.5) is 5.69 Å². The van der Waals surface area contributed by atoms with Crippen molar-refractivity contribution < 1.29 is 0 Å². The van der Waals surface area contributed by atoms with Crippen molar-refractivity contribution in [2.75, 3.05) is 11.4 Å². The molecule has 0 spiro atoms. The Labute approximate surface area is 111 Å². The maximum atomic E-state index is 5.91. The van der Waals surface area contributed by atoms with Gasteiger partial charge in [-0.1, -0.05) is 6.07 Å². The summed E-state index contributed by atoms with van der Waals surface area (Å²) in [5.41, 5.74) is 8.46. The van der Waals surface area contributed by atoms with Gasteiger partial charge in [-0.2, -0.15) is 0 Å². The molecule has 92 valence electrons. The fourth-order valence-corrected chi connectivity index (χ4v) is 3.88. The average Bonchev–Trinajstić information content (AvgIpc) is 2.90. The summed E-state index contributed by atoms with van der Waals surface area (Å²) >= 11 is 3.70. The summed E-state index contributed by atoms with van der Waals surface area (Å²) in [4.78, 5) is 2.57. The van der Waals surface area contributed by atoms with Crippen molar-refractivity contribution in [1.29, 1.82) is 0 Å². The topological polar surface area (TPSA) is 29.3 Å². The van der Waals surface area contributed by atoms with E-state index >= 15 is 0 Å². The van der Waals surface area contributed by atoms with Crippen LogP contribution < -0.4 is 10.6 Å². The molecule has 0 aromatic heterocycles. The lowest BCUT2D eigenvalue weighted by Crippen LogP contribution is -2.32. The van der Waals surface area contributed by atoms with Crippen LogP contribution in [0.3, 0.4) is 0 Å². The van der Waals surface area contributed by atoms with Gasteiger partial charge in [-0.05, 0) is 65.7 Å². The smallest absolute Gasteiger partial charge is 0.0513 e. The van der Waals surface area contributed by atoms with Gasteiger partial charge < -0.3 is 10.6 Å². The fourth-order valence-electron chi connectivity index (χ4n) is 3.26. The van der Waals surface area contributed by atoms with Gasteiger partial charge >= 0.3 is 0 Å². The Hall–Kier alpha value is -0.540. The molecule has 2 bridgehead atoms. The van der Waals surface area contributed by atoms with Gasteiger partial charge in [0.1, 0.15) is 0 Å². The monoisotopic (exact) mass is 294 g/mol. The van der Waals surface area contributed by atoms with Gasteiger partial charge in [0.05, 0.1) is 5.69 Å². The minimum atomic E-state index is 0.107. The molecule has 17 heavy (non-hydrogen) atoms. The summed E-state index contributed by atoms with van der Waals surface area (Å²) in [5.74, 6) is 0.931. The van der Waals surface area contributed by atoms with E-state index < -0.39 is 0 Å². The van der Waals surface area contributed by atoms with E-state index in [1.165, 1.54) is 41.5 Å². The molecule has 2 N–H and O–H groups in total. The Bertz CT molecular complexity index is 430. The molecule has 2 fully saturated rings. The molecule has 1 heterocycles. The summed E-state index contributed by atoms with van der Waals surface area (Å²) in [6.07, 6.45) is 4.18. The number of halogens is 1. The molecule has 1 saturated carbocycles. The van der Waals surface area contributed by atoms with E-state index in [0.29, 0.717) is 0 Å². The third-order valence-electron chi connectivity index (χ3n) is 4.22. The van der Waals surface area contributed by atoms with Gasteiger partial charge in [0.15, 0.2) is 0 Å². The van der Waals surface area contributed by atoms with Crippen LogP contribution in [0.25, 0.3) is 0 Å². The Morgan fingerprint density at radius 3 is 2.76 bits per heavy atom. The number of fused-ring (bicyclic) bond motifs is 2. The number of benzene rings is 1. The summed E-state index contributed by atoms with van der Waals surface area (Å²) in [6.45, 7) is 3.26. The third-order valence-corrected chi connectivity index (χ3v) is 4.85. The molecule has 3 heteroatoms. The van der Waals surface area contributed by atoms with Crippen molar-refractivity contribution in [2.45, 2.75) is 38.3 Å². The van der Waals surface area contributed by atoms with Gasteiger partial charge in [-0.15, -0.1) is 0 Å². The maximum Gasteiger partial charge on any atom is 0.0513 e. The SMILES string of the molecule is C[C@@H](N)c1ccc(N2CC3CCC2C3)c(Br)c1. The van der Waals surface area contributed by atoms with Gasteiger partial charge in [-0.3, -0.25) is 0 Å². The Kier molecular flexibility index (Phi) is 2.91.